The molecule has 0 saturated heterocycles. The summed E-state index contributed by atoms with van der Waals surface area (Å²) in [6.07, 6.45) is 0.728. The zero-order chi connectivity index (χ0) is 14.7. The minimum absolute atomic E-state index is 0.103. The SMILES string of the molecule is C[C@@H](O)c1ccc(Oc2ccc(F)cc2[N+](=O)[O-])nc1. The third-order valence-electron chi connectivity index (χ3n) is 2.57. The summed E-state index contributed by atoms with van der Waals surface area (Å²) < 4.78 is 18.2. The van der Waals surface area contributed by atoms with Crippen molar-refractivity contribution in [3.8, 4) is 11.6 Å². The van der Waals surface area contributed by atoms with Crippen LogP contribution in [0.25, 0.3) is 0 Å². The molecule has 2 aromatic rings. The van der Waals surface area contributed by atoms with Crippen LogP contribution in [0.15, 0.2) is 36.5 Å². The molecule has 6 nitrogen and oxygen atoms in total. The molecule has 7 heteroatoms. The first-order chi connectivity index (χ1) is 9.47. The topological polar surface area (TPSA) is 85.5 Å². The number of nitro benzene ring substituents is 1. The van der Waals surface area contributed by atoms with E-state index < -0.39 is 22.5 Å². The van der Waals surface area contributed by atoms with E-state index in [2.05, 4.69) is 4.98 Å². The van der Waals surface area contributed by atoms with Crippen LogP contribution < -0.4 is 4.74 Å². The standard InChI is InChI=1S/C13H11FN2O4/c1-8(17)9-2-5-13(15-7-9)20-12-4-3-10(14)6-11(12)16(18)19/h2-8,17H,1H3/t8-/m1/s1. The number of hydrogen-bond donors (Lipinski definition) is 1. The van der Waals surface area contributed by atoms with Crippen LogP contribution >= 0.6 is 0 Å². The van der Waals surface area contributed by atoms with Crippen LogP contribution in [0.2, 0.25) is 0 Å². The number of ether oxygens (including phenoxy) is 1. The van der Waals surface area contributed by atoms with Crippen molar-refractivity contribution >= 4 is 5.69 Å². The fraction of sp³-hybridized carbons (Fsp3) is 0.154. The monoisotopic (exact) mass is 278 g/mol. The van der Waals surface area contributed by atoms with Gasteiger partial charge in [0.1, 0.15) is 5.82 Å². The second-order valence-electron chi connectivity index (χ2n) is 4.08. The molecule has 0 unspecified atom stereocenters. The van der Waals surface area contributed by atoms with Crippen molar-refractivity contribution < 1.29 is 19.2 Å². The number of halogens is 1. The van der Waals surface area contributed by atoms with E-state index in [0.29, 0.717) is 5.56 Å². The molecule has 1 heterocycles. The first-order valence-electron chi connectivity index (χ1n) is 5.73. The minimum Gasteiger partial charge on any atom is -0.432 e. The third-order valence-corrected chi connectivity index (χ3v) is 2.57. The van der Waals surface area contributed by atoms with Crippen molar-refractivity contribution in [2.24, 2.45) is 0 Å². The predicted octanol–water partition coefficient (Wildman–Crippen LogP) is 2.97. The normalized spacial score (nSPS) is 11.9. The van der Waals surface area contributed by atoms with Crippen LogP contribution in [0.5, 0.6) is 11.6 Å². The molecular formula is C13H11FN2O4. The fourth-order valence-electron chi connectivity index (χ4n) is 1.53. The van der Waals surface area contributed by atoms with Crippen molar-refractivity contribution in [3.63, 3.8) is 0 Å². The zero-order valence-corrected chi connectivity index (χ0v) is 10.5. The molecule has 1 atom stereocenters. The van der Waals surface area contributed by atoms with Gasteiger partial charge in [-0.2, -0.15) is 0 Å². The van der Waals surface area contributed by atoms with Crippen molar-refractivity contribution in [1.29, 1.82) is 0 Å². The highest BCUT2D eigenvalue weighted by Crippen LogP contribution is 2.31. The summed E-state index contributed by atoms with van der Waals surface area (Å²) in [7, 11) is 0. The molecule has 0 spiro atoms. The fourth-order valence-corrected chi connectivity index (χ4v) is 1.53. The molecule has 0 aliphatic rings. The Balaban J connectivity index is 2.28. The van der Waals surface area contributed by atoms with Gasteiger partial charge in [0, 0.05) is 12.3 Å². The van der Waals surface area contributed by atoms with Crippen LogP contribution in [0.3, 0.4) is 0 Å². The Kier molecular flexibility index (Phi) is 3.90. The van der Waals surface area contributed by atoms with Gasteiger partial charge in [-0.1, -0.05) is 0 Å². The highest BCUT2D eigenvalue weighted by atomic mass is 19.1. The largest absolute Gasteiger partial charge is 0.432 e. The lowest BCUT2D eigenvalue weighted by molar-refractivity contribution is -0.385. The second-order valence-corrected chi connectivity index (χ2v) is 4.08. The lowest BCUT2D eigenvalue weighted by Gasteiger charge is -2.07. The number of hydrogen-bond acceptors (Lipinski definition) is 5. The van der Waals surface area contributed by atoms with Crippen molar-refractivity contribution in [2.45, 2.75) is 13.0 Å². The van der Waals surface area contributed by atoms with Crippen LogP contribution in [-0.2, 0) is 0 Å². The van der Waals surface area contributed by atoms with E-state index in [-0.39, 0.29) is 11.6 Å². The van der Waals surface area contributed by atoms with Gasteiger partial charge < -0.3 is 9.84 Å². The summed E-state index contributed by atoms with van der Waals surface area (Å²) in [6, 6.07) is 6.06. The number of aromatic nitrogens is 1. The number of nitrogens with zero attached hydrogens (tertiary/aromatic N) is 2. The number of nitro groups is 1. The maximum Gasteiger partial charge on any atom is 0.314 e. The van der Waals surface area contributed by atoms with Gasteiger partial charge in [-0.15, -0.1) is 0 Å². The van der Waals surface area contributed by atoms with Gasteiger partial charge >= 0.3 is 5.69 Å². The van der Waals surface area contributed by atoms with Crippen LogP contribution in [-0.4, -0.2) is 15.0 Å². The van der Waals surface area contributed by atoms with Gasteiger partial charge in [0.15, 0.2) is 0 Å². The third kappa shape index (κ3) is 3.07. The van der Waals surface area contributed by atoms with E-state index in [1.54, 1.807) is 13.0 Å². The quantitative estimate of drug-likeness (QED) is 0.686. The summed E-state index contributed by atoms with van der Waals surface area (Å²) in [4.78, 5) is 14.0. The average Bonchev–Trinajstić information content (AvgIpc) is 2.41. The molecule has 104 valence electrons. The summed E-state index contributed by atoms with van der Waals surface area (Å²) in [5.74, 6) is -0.709. The smallest absolute Gasteiger partial charge is 0.314 e. The van der Waals surface area contributed by atoms with Gasteiger partial charge in [-0.25, -0.2) is 9.37 Å². The predicted molar refractivity (Wildman–Crippen MR) is 68.0 cm³/mol. The Morgan fingerprint density at radius 1 is 1.40 bits per heavy atom. The maximum atomic E-state index is 13.0. The Hall–Kier alpha value is -2.54. The number of aliphatic hydroxyl groups is 1. The van der Waals surface area contributed by atoms with E-state index in [1.807, 2.05) is 0 Å². The molecule has 20 heavy (non-hydrogen) atoms. The molecular weight excluding hydrogens is 267 g/mol. The van der Waals surface area contributed by atoms with Crippen molar-refractivity contribution in [3.05, 3.63) is 58.0 Å². The first kappa shape index (κ1) is 13.9. The first-order valence-corrected chi connectivity index (χ1v) is 5.73. The average molecular weight is 278 g/mol. The Morgan fingerprint density at radius 3 is 2.70 bits per heavy atom. The summed E-state index contributed by atoms with van der Waals surface area (Å²) in [5.41, 5.74) is 0.109. The molecule has 2 rings (SSSR count). The van der Waals surface area contributed by atoms with Gasteiger partial charge in [-0.05, 0) is 30.7 Å². The molecule has 0 aliphatic carbocycles. The molecule has 0 saturated carbocycles. The molecule has 0 amide bonds. The van der Waals surface area contributed by atoms with E-state index in [9.17, 15) is 19.6 Å². The van der Waals surface area contributed by atoms with Gasteiger partial charge in [0.05, 0.1) is 17.1 Å². The Bertz CT molecular complexity index is 629. The Labute approximate surface area is 113 Å². The van der Waals surface area contributed by atoms with Crippen molar-refractivity contribution in [2.75, 3.05) is 0 Å². The number of rotatable bonds is 4. The van der Waals surface area contributed by atoms with E-state index in [0.717, 1.165) is 18.2 Å². The minimum atomic E-state index is -0.734. The summed E-state index contributed by atoms with van der Waals surface area (Å²) >= 11 is 0. The Morgan fingerprint density at radius 2 is 2.15 bits per heavy atom. The second kappa shape index (κ2) is 5.62. The molecule has 0 fully saturated rings. The molecule has 1 aromatic heterocycles. The van der Waals surface area contributed by atoms with E-state index in [4.69, 9.17) is 4.74 Å². The van der Waals surface area contributed by atoms with Gasteiger partial charge in [0.2, 0.25) is 11.6 Å². The van der Waals surface area contributed by atoms with E-state index in [1.165, 1.54) is 12.3 Å². The lowest BCUT2D eigenvalue weighted by Crippen LogP contribution is -1.97. The van der Waals surface area contributed by atoms with Gasteiger partial charge in [-0.3, -0.25) is 10.1 Å². The van der Waals surface area contributed by atoms with E-state index >= 15 is 0 Å². The van der Waals surface area contributed by atoms with Crippen LogP contribution in [0.1, 0.15) is 18.6 Å². The van der Waals surface area contributed by atoms with Gasteiger partial charge in [0.25, 0.3) is 0 Å². The molecule has 1 aromatic carbocycles. The van der Waals surface area contributed by atoms with Crippen molar-refractivity contribution in [1.82, 2.24) is 4.98 Å². The lowest BCUT2D eigenvalue weighted by atomic mass is 10.2. The molecule has 0 aliphatic heterocycles. The zero-order valence-electron chi connectivity index (χ0n) is 10.5. The summed E-state index contributed by atoms with van der Waals surface area (Å²) in [5, 5.41) is 20.2. The highest BCUT2D eigenvalue weighted by molar-refractivity contribution is 5.47. The van der Waals surface area contributed by atoms with Crippen LogP contribution in [0, 0.1) is 15.9 Å². The molecule has 0 radical (unpaired) electrons. The number of aliphatic hydroxyl groups excluding tert-OH is 1. The molecule has 1 N–H and O–H groups in total. The van der Waals surface area contributed by atoms with Crippen LogP contribution in [0.4, 0.5) is 10.1 Å². The number of pyridine rings is 1. The highest BCUT2D eigenvalue weighted by Gasteiger charge is 2.17. The molecule has 0 bridgehead atoms. The summed E-state index contributed by atoms with van der Waals surface area (Å²) in [6.45, 7) is 1.59. The maximum absolute atomic E-state index is 13.0. The number of benzene rings is 1.